The summed E-state index contributed by atoms with van der Waals surface area (Å²) in [6.45, 7) is 6.46. The Morgan fingerprint density at radius 3 is 2.61 bits per heavy atom. The van der Waals surface area contributed by atoms with Crippen molar-refractivity contribution in [2.45, 2.75) is 32.9 Å². The largest absolute Gasteiger partial charge is 0.505 e. The standard InChI is InChI=1S/C21H28FN3O2.HI/c1-3-23-21(25-15-17-10-11-20(26)19(22)14-17)24-12-7-13-27-16(2)18-8-5-4-6-9-18;/h4-6,8-11,14,16,26H,3,7,12-13,15H2,1-2H3,(H2,23,24,25);1H. The Hall–Kier alpha value is -1.87. The molecule has 0 saturated heterocycles. The van der Waals surface area contributed by atoms with Crippen molar-refractivity contribution in [2.24, 2.45) is 4.99 Å². The Bertz CT molecular complexity index is 729. The fraction of sp³-hybridized carbons (Fsp3) is 0.381. The molecule has 0 fully saturated rings. The molecule has 154 valence electrons. The number of benzene rings is 2. The van der Waals surface area contributed by atoms with Gasteiger partial charge in [-0.3, -0.25) is 0 Å². The zero-order valence-electron chi connectivity index (χ0n) is 16.3. The lowest BCUT2D eigenvalue weighted by atomic mass is 10.1. The molecule has 28 heavy (non-hydrogen) atoms. The van der Waals surface area contributed by atoms with Crippen LogP contribution >= 0.6 is 24.0 Å². The molecule has 2 aromatic carbocycles. The zero-order chi connectivity index (χ0) is 19.5. The summed E-state index contributed by atoms with van der Waals surface area (Å²) in [7, 11) is 0. The van der Waals surface area contributed by atoms with Gasteiger partial charge in [-0.2, -0.15) is 0 Å². The molecule has 0 aliphatic carbocycles. The molecule has 2 aromatic rings. The fourth-order valence-corrected chi connectivity index (χ4v) is 2.52. The van der Waals surface area contributed by atoms with Gasteiger partial charge in [0, 0.05) is 19.7 Å². The number of aliphatic imine (C=N–C) groups is 1. The second-order valence-corrected chi connectivity index (χ2v) is 6.18. The van der Waals surface area contributed by atoms with Crippen molar-refractivity contribution in [3.8, 4) is 5.75 Å². The molecule has 0 saturated carbocycles. The van der Waals surface area contributed by atoms with Crippen molar-refractivity contribution >= 4 is 29.9 Å². The number of nitrogens with zero attached hydrogens (tertiary/aromatic N) is 1. The molecule has 0 bridgehead atoms. The average molecular weight is 501 g/mol. The second-order valence-electron chi connectivity index (χ2n) is 6.18. The van der Waals surface area contributed by atoms with Crippen LogP contribution in [0.15, 0.2) is 53.5 Å². The molecule has 0 aliphatic heterocycles. The van der Waals surface area contributed by atoms with Crippen LogP contribution in [0.25, 0.3) is 0 Å². The Balaban J connectivity index is 0.00000392. The number of rotatable bonds is 9. The lowest BCUT2D eigenvalue weighted by molar-refractivity contribution is 0.0646. The van der Waals surface area contributed by atoms with E-state index in [4.69, 9.17) is 4.74 Å². The fourth-order valence-electron chi connectivity index (χ4n) is 2.52. The van der Waals surface area contributed by atoms with E-state index in [1.54, 1.807) is 6.07 Å². The molecule has 0 heterocycles. The molecular formula is C21H29FIN3O2. The topological polar surface area (TPSA) is 65.9 Å². The maximum atomic E-state index is 13.4. The Morgan fingerprint density at radius 1 is 1.18 bits per heavy atom. The summed E-state index contributed by atoms with van der Waals surface area (Å²) in [4.78, 5) is 4.44. The zero-order valence-corrected chi connectivity index (χ0v) is 18.7. The number of hydrogen-bond acceptors (Lipinski definition) is 3. The van der Waals surface area contributed by atoms with E-state index in [0.717, 1.165) is 19.5 Å². The third-order valence-electron chi connectivity index (χ3n) is 4.03. The van der Waals surface area contributed by atoms with Crippen LogP contribution in [-0.4, -0.2) is 30.8 Å². The van der Waals surface area contributed by atoms with Gasteiger partial charge in [-0.05, 0) is 43.5 Å². The monoisotopic (exact) mass is 501 g/mol. The predicted octanol–water partition coefficient (Wildman–Crippen LogP) is 4.37. The molecule has 7 heteroatoms. The third-order valence-corrected chi connectivity index (χ3v) is 4.03. The highest BCUT2D eigenvalue weighted by Crippen LogP contribution is 2.17. The number of guanidine groups is 1. The van der Waals surface area contributed by atoms with Crippen molar-refractivity contribution in [1.29, 1.82) is 0 Å². The lowest BCUT2D eigenvalue weighted by Gasteiger charge is -2.14. The van der Waals surface area contributed by atoms with Crippen LogP contribution in [-0.2, 0) is 11.3 Å². The summed E-state index contributed by atoms with van der Waals surface area (Å²) in [5.74, 6) is -0.315. The minimum Gasteiger partial charge on any atom is -0.505 e. The summed E-state index contributed by atoms with van der Waals surface area (Å²) in [6, 6.07) is 14.4. The van der Waals surface area contributed by atoms with E-state index in [2.05, 4.69) is 27.8 Å². The van der Waals surface area contributed by atoms with Crippen molar-refractivity contribution in [1.82, 2.24) is 10.6 Å². The van der Waals surface area contributed by atoms with Crippen LogP contribution in [0.5, 0.6) is 5.75 Å². The summed E-state index contributed by atoms with van der Waals surface area (Å²) in [6.07, 6.45) is 0.910. The first-order valence-corrected chi connectivity index (χ1v) is 9.26. The number of halogens is 2. The van der Waals surface area contributed by atoms with Crippen molar-refractivity contribution in [2.75, 3.05) is 19.7 Å². The molecule has 0 aliphatic rings. The number of nitrogens with one attached hydrogen (secondary N) is 2. The second kappa shape index (κ2) is 13.3. The maximum Gasteiger partial charge on any atom is 0.191 e. The summed E-state index contributed by atoms with van der Waals surface area (Å²) >= 11 is 0. The highest BCUT2D eigenvalue weighted by molar-refractivity contribution is 14.0. The predicted molar refractivity (Wildman–Crippen MR) is 122 cm³/mol. The van der Waals surface area contributed by atoms with Gasteiger partial charge in [-0.25, -0.2) is 9.38 Å². The van der Waals surface area contributed by atoms with Gasteiger partial charge in [-0.1, -0.05) is 36.4 Å². The highest BCUT2D eigenvalue weighted by atomic mass is 127. The molecule has 0 spiro atoms. The number of hydrogen-bond donors (Lipinski definition) is 3. The number of ether oxygens (including phenoxy) is 1. The van der Waals surface area contributed by atoms with Crippen LogP contribution in [0, 0.1) is 5.82 Å². The third kappa shape index (κ3) is 8.43. The highest BCUT2D eigenvalue weighted by Gasteiger charge is 2.05. The van der Waals surface area contributed by atoms with Gasteiger partial charge < -0.3 is 20.5 Å². The molecule has 0 aromatic heterocycles. The average Bonchev–Trinajstić information content (AvgIpc) is 2.68. The van der Waals surface area contributed by atoms with Gasteiger partial charge >= 0.3 is 0 Å². The molecule has 2 rings (SSSR count). The van der Waals surface area contributed by atoms with Crippen molar-refractivity contribution < 1.29 is 14.2 Å². The van der Waals surface area contributed by atoms with Gasteiger partial charge in [0.05, 0.1) is 12.6 Å². The van der Waals surface area contributed by atoms with E-state index < -0.39 is 5.82 Å². The van der Waals surface area contributed by atoms with Gasteiger partial charge in [0.15, 0.2) is 17.5 Å². The molecular weight excluding hydrogens is 472 g/mol. The smallest absolute Gasteiger partial charge is 0.191 e. The first-order chi connectivity index (χ1) is 13.1. The molecule has 0 radical (unpaired) electrons. The minimum absolute atomic E-state index is 0. The molecule has 1 atom stereocenters. The summed E-state index contributed by atoms with van der Waals surface area (Å²) in [5.41, 5.74) is 1.86. The van der Waals surface area contributed by atoms with Gasteiger partial charge in [0.25, 0.3) is 0 Å². The maximum absolute atomic E-state index is 13.4. The quantitative estimate of drug-likeness (QED) is 0.207. The number of aromatic hydroxyl groups is 1. The Labute approximate surface area is 183 Å². The van der Waals surface area contributed by atoms with E-state index >= 15 is 0 Å². The van der Waals surface area contributed by atoms with E-state index in [1.165, 1.54) is 17.7 Å². The van der Waals surface area contributed by atoms with Crippen LogP contribution in [0.3, 0.4) is 0 Å². The van der Waals surface area contributed by atoms with E-state index in [0.29, 0.717) is 24.7 Å². The van der Waals surface area contributed by atoms with E-state index in [9.17, 15) is 9.50 Å². The first-order valence-electron chi connectivity index (χ1n) is 9.26. The first kappa shape index (κ1) is 24.2. The van der Waals surface area contributed by atoms with E-state index in [1.807, 2.05) is 32.0 Å². The Kier molecular flexibility index (Phi) is 11.5. The SMILES string of the molecule is CCNC(=NCc1ccc(O)c(F)c1)NCCCOC(C)c1ccccc1.I. The molecule has 1 unspecified atom stereocenters. The van der Waals surface area contributed by atoms with Crippen molar-refractivity contribution in [3.05, 3.63) is 65.5 Å². The molecule has 3 N–H and O–H groups in total. The van der Waals surface area contributed by atoms with Crippen LogP contribution < -0.4 is 10.6 Å². The normalized spacial score (nSPS) is 12.2. The molecule has 0 amide bonds. The van der Waals surface area contributed by atoms with Gasteiger partial charge in [0.2, 0.25) is 0 Å². The number of phenols is 1. The molecule has 5 nitrogen and oxygen atoms in total. The van der Waals surface area contributed by atoms with Crippen LogP contribution in [0.1, 0.15) is 37.5 Å². The van der Waals surface area contributed by atoms with Gasteiger partial charge in [-0.15, -0.1) is 24.0 Å². The van der Waals surface area contributed by atoms with Crippen LogP contribution in [0.2, 0.25) is 0 Å². The minimum atomic E-state index is -0.634. The van der Waals surface area contributed by atoms with Crippen molar-refractivity contribution in [3.63, 3.8) is 0 Å². The lowest BCUT2D eigenvalue weighted by Crippen LogP contribution is -2.38. The summed E-state index contributed by atoms with van der Waals surface area (Å²) in [5, 5.41) is 15.6. The van der Waals surface area contributed by atoms with Gasteiger partial charge in [0.1, 0.15) is 0 Å². The number of phenolic OH excluding ortho intramolecular Hbond substituents is 1. The summed E-state index contributed by atoms with van der Waals surface area (Å²) < 4.78 is 19.2. The van der Waals surface area contributed by atoms with Crippen LogP contribution in [0.4, 0.5) is 4.39 Å². The Morgan fingerprint density at radius 2 is 1.93 bits per heavy atom. The van der Waals surface area contributed by atoms with E-state index in [-0.39, 0.29) is 35.8 Å².